The van der Waals surface area contributed by atoms with Gasteiger partial charge < -0.3 is 10.1 Å². The molecule has 1 aromatic rings. The number of pyridine rings is 1. The van der Waals surface area contributed by atoms with Crippen LogP contribution in [0.2, 0.25) is 0 Å². The standard InChI is InChI=1S/C15H22N2O3/c1-9-7-8-12(10(2)16-9)13(18)17-11(3)14(19)20-15(4,5)6/h7-8,11H,1-6H3,(H,17,18)/t11-/m0/s1. The number of carbonyl (C=O) groups is 2. The summed E-state index contributed by atoms with van der Waals surface area (Å²) in [5.41, 5.74) is 1.38. The van der Waals surface area contributed by atoms with Crippen molar-refractivity contribution < 1.29 is 14.3 Å². The first-order valence-electron chi connectivity index (χ1n) is 6.58. The van der Waals surface area contributed by atoms with E-state index in [0.29, 0.717) is 11.3 Å². The number of ether oxygens (including phenoxy) is 1. The first kappa shape index (κ1) is 16.1. The summed E-state index contributed by atoms with van der Waals surface area (Å²) in [5, 5.41) is 2.63. The number of amides is 1. The third kappa shape index (κ3) is 4.64. The van der Waals surface area contributed by atoms with Gasteiger partial charge in [0.1, 0.15) is 11.6 Å². The Morgan fingerprint density at radius 3 is 2.35 bits per heavy atom. The summed E-state index contributed by atoms with van der Waals surface area (Å²) in [6, 6.07) is 2.76. The monoisotopic (exact) mass is 278 g/mol. The first-order valence-corrected chi connectivity index (χ1v) is 6.58. The Bertz CT molecular complexity index is 518. The quantitative estimate of drug-likeness (QED) is 0.860. The highest BCUT2D eigenvalue weighted by Gasteiger charge is 2.23. The van der Waals surface area contributed by atoms with Crippen molar-refractivity contribution in [2.45, 2.75) is 53.2 Å². The summed E-state index contributed by atoms with van der Waals surface area (Å²) in [6.45, 7) is 10.6. The molecule has 1 rings (SSSR count). The second kappa shape index (κ2) is 6.03. The molecule has 0 radical (unpaired) electrons. The average Bonchev–Trinajstić information content (AvgIpc) is 2.26. The SMILES string of the molecule is Cc1ccc(C(=O)N[C@@H](C)C(=O)OC(C)(C)C)c(C)n1. The second-order valence-corrected chi connectivity index (χ2v) is 5.81. The molecule has 5 heteroatoms. The fraction of sp³-hybridized carbons (Fsp3) is 0.533. The number of esters is 1. The zero-order chi connectivity index (χ0) is 15.5. The van der Waals surface area contributed by atoms with Gasteiger partial charge in [0, 0.05) is 5.69 Å². The van der Waals surface area contributed by atoms with Crippen LogP contribution >= 0.6 is 0 Å². The lowest BCUT2D eigenvalue weighted by atomic mass is 10.1. The van der Waals surface area contributed by atoms with E-state index < -0.39 is 17.6 Å². The maximum atomic E-state index is 12.1. The lowest BCUT2D eigenvalue weighted by molar-refractivity contribution is -0.156. The number of hydrogen-bond donors (Lipinski definition) is 1. The van der Waals surface area contributed by atoms with Crippen LogP contribution in [0.25, 0.3) is 0 Å². The highest BCUT2D eigenvalue weighted by Crippen LogP contribution is 2.10. The molecular formula is C15H22N2O3. The van der Waals surface area contributed by atoms with Gasteiger partial charge in [-0.3, -0.25) is 9.78 Å². The average molecular weight is 278 g/mol. The molecule has 0 aromatic carbocycles. The molecule has 1 aromatic heterocycles. The van der Waals surface area contributed by atoms with Crippen LogP contribution < -0.4 is 5.32 Å². The number of aryl methyl sites for hydroxylation is 2. The number of aromatic nitrogens is 1. The predicted molar refractivity (Wildman–Crippen MR) is 76.5 cm³/mol. The van der Waals surface area contributed by atoms with E-state index in [2.05, 4.69) is 10.3 Å². The van der Waals surface area contributed by atoms with E-state index in [-0.39, 0.29) is 5.91 Å². The van der Waals surface area contributed by atoms with Crippen molar-refractivity contribution in [1.29, 1.82) is 0 Å². The molecule has 0 saturated heterocycles. The summed E-state index contributed by atoms with van der Waals surface area (Å²) in [5.74, 6) is -0.781. The molecule has 0 aliphatic heterocycles. The normalized spacial score (nSPS) is 12.7. The van der Waals surface area contributed by atoms with Crippen LogP contribution in [-0.2, 0) is 9.53 Å². The van der Waals surface area contributed by atoms with E-state index in [0.717, 1.165) is 5.69 Å². The van der Waals surface area contributed by atoms with E-state index in [4.69, 9.17) is 4.74 Å². The lowest BCUT2D eigenvalue weighted by Crippen LogP contribution is -2.42. The molecular weight excluding hydrogens is 256 g/mol. The summed E-state index contributed by atoms with van der Waals surface area (Å²) >= 11 is 0. The molecule has 0 spiro atoms. The Labute approximate surface area is 119 Å². The third-order valence-corrected chi connectivity index (χ3v) is 2.58. The Kier molecular flexibility index (Phi) is 4.87. The number of hydrogen-bond acceptors (Lipinski definition) is 4. The molecule has 1 amide bonds. The van der Waals surface area contributed by atoms with Gasteiger partial charge in [-0.25, -0.2) is 4.79 Å². The summed E-state index contributed by atoms with van der Waals surface area (Å²) in [6.07, 6.45) is 0. The van der Waals surface area contributed by atoms with E-state index in [1.807, 2.05) is 6.92 Å². The van der Waals surface area contributed by atoms with Gasteiger partial charge in [-0.2, -0.15) is 0 Å². The van der Waals surface area contributed by atoms with Gasteiger partial charge in [0.25, 0.3) is 5.91 Å². The lowest BCUT2D eigenvalue weighted by Gasteiger charge is -2.22. The van der Waals surface area contributed by atoms with E-state index in [9.17, 15) is 9.59 Å². The largest absolute Gasteiger partial charge is 0.458 e. The Morgan fingerprint density at radius 2 is 1.85 bits per heavy atom. The van der Waals surface area contributed by atoms with Gasteiger partial charge in [0.15, 0.2) is 0 Å². The molecule has 0 bridgehead atoms. The van der Waals surface area contributed by atoms with Crippen LogP contribution in [0.4, 0.5) is 0 Å². The van der Waals surface area contributed by atoms with E-state index >= 15 is 0 Å². The molecule has 0 fully saturated rings. The van der Waals surface area contributed by atoms with Crippen LogP contribution in [0.15, 0.2) is 12.1 Å². The Hall–Kier alpha value is -1.91. The maximum Gasteiger partial charge on any atom is 0.328 e. The smallest absolute Gasteiger partial charge is 0.328 e. The second-order valence-electron chi connectivity index (χ2n) is 5.81. The summed E-state index contributed by atoms with van der Waals surface area (Å²) in [4.78, 5) is 28.1. The number of nitrogens with zero attached hydrogens (tertiary/aromatic N) is 1. The van der Waals surface area contributed by atoms with E-state index in [1.165, 1.54) is 0 Å². The van der Waals surface area contributed by atoms with Gasteiger partial charge in [-0.05, 0) is 53.7 Å². The van der Waals surface area contributed by atoms with Crippen molar-refractivity contribution in [3.05, 3.63) is 29.1 Å². The van der Waals surface area contributed by atoms with Gasteiger partial charge >= 0.3 is 5.97 Å². The topological polar surface area (TPSA) is 68.3 Å². The van der Waals surface area contributed by atoms with Gasteiger partial charge in [0.2, 0.25) is 0 Å². The molecule has 0 aliphatic rings. The van der Waals surface area contributed by atoms with Crippen molar-refractivity contribution in [1.82, 2.24) is 10.3 Å². The van der Waals surface area contributed by atoms with Crippen molar-refractivity contribution >= 4 is 11.9 Å². The minimum Gasteiger partial charge on any atom is -0.458 e. The Balaban J connectivity index is 2.73. The molecule has 0 aliphatic carbocycles. The van der Waals surface area contributed by atoms with Crippen LogP contribution in [0, 0.1) is 13.8 Å². The highest BCUT2D eigenvalue weighted by atomic mass is 16.6. The zero-order valence-corrected chi connectivity index (χ0v) is 12.9. The summed E-state index contributed by atoms with van der Waals surface area (Å²) in [7, 11) is 0. The fourth-order valence-corrected chi connectivity index (χ4v) is 1.65. The Morgan fingerprint density at radius 1 is 1.25 bits per heavy atom. The molecule has 1 N–H and O–H groups in total. The number of rotatable bonds is 3. The van der Waals surface area contributed by atoms with Crippen molar-refractivity contribution in [3.63, 3.8) is 0 Å². The van der Waals surface area contributed by atoms with Crippen LogP contribution in [-0.4, -0.2) is 28.5 Å². The molecule has 1 heterocycles. The van der Waals surface area contributed by atoms with Gasteiger partial charge in [-0.15, -0.1) is 0 Å². The van der Waals surface area contributed by atoms with Gasteiger partial charge in [-0.1, -0.05) is 0 Å². The molecule has 20 heavy (non-hydrogen) atoms. The third-order valence-electron chi connectivity index (χ3n) is 2.58. The van der Waals surface area contributed by atoms with Crippen molar-refractivity contribution in [3.8, 4) is 0 Å². The number of nitrogens with one attached hydrogen (secondary N) is 1. The van der Waals surface area contributed by atoms with E-state index in [1.54, 1.807) is 46.8 Å². The van der Waals surface area contributed by atoms with Crippen LogP contribution in [0.3, 0.4) is 0 Å². The molecule has 110 valence electrons. The fourth-order valence-electron chi connectivity index (χ4n) is 1.65. The maximum absolute atomic E-state index is 12.1. The van der Waals surface area contributed by atoms with Gasteiger partial charge in [0.05, 0.1) is 11.3 Å². The van der Waals surface area contributed by atoms with Crippen molar-refractivity contribution in [2.24, 2.45) is 0 Å². The van der Waals surface area contributed by atoms with Crippen LogP contribution in [0.5, 0.6) is 0 Å². The molecule has 5 nitrogen and oxygen atoms in total. The molecule has 0 unspecified atom stereocenters. The zero-order valence-electron chi connectivity index (χ0n) is 12.9. The summed E-state index contributed by atoms with van der Waals surface area (Å²) < 4.78 is 5.22. The predicted octanol–water partition coefficient (Wildman–Crippen LogP) is 2.16. The van der Waals surface area contributed by atoms with Crippen LogP contribution in [0.1, 0.15) is 49.4 Å². The molecule has 1 atom stereocenters. The van der Waals surface area contributed by atoms with Crippen molar-refractivity contribution in [2.75, 3.05) is 0 Å². The first-order chi connectivity index (χ1) is 9.10. The minimum atomic E-state index is -0.706. The highest BCUT2D eigenvalue weighted by molar-refractivity contribution is 5.97. The minimum absolute atomic E-state index is 0.326. The molecule has 0 saturated carbocycles. The number of carbonyl (C=O) groups excluding carboxylic acids is 2.